The molecule has 0 atom stereocenters. The number of amides is 1. The zero-order chi connectivity index (χ0) is 23.6. The predicted molar refractivity (Wildman–Crippen MR) is 127 cm³/mol. The third-order valence-electron chi connectivity index (χ3n) is 4.42. The lowest BCUT2D eigenvalue weighted by Gasteiger charge is -2.10. The lowest BCUT2D eigenvalue weighted by molar-refractivity contribution is 0.0729. The van der Waals surface area contributed by atoms with Gasteiger partial charge in [-0.2, -0.15) is 5.10 Å². The molecule has 0 saturated heterocycles. The highest BCUT2D eigenvalue weighted by Gasteiger charge is 2.13. The molecule has 7 nitrogen and oxygen atoms in total. The van der Waals surface area contributed by atoms with Crippen molar-refractivity contribution in [3.05, 3.63) is 88.4 Å². The summed E-state index contributed by atoms with van der Waals surface area (Å²) < 4.78 is 16.3. The number of hydrogen-bond acceptors (Lipinski definition) is 6. The highest BCUT2D eigenvalue weighted by molar-refractivity contribution is 6.30. The first kappa shape index (κ1) is 23.8. The summed E-state index contributed by atoms with van der Waals surface area (Å²) >= 11 is 5.89. The Kier molecular flexibility index (Phi) is 8.43. The predicted octanol–water partition coefficient (Wildman–Crippen LogP) is 5.12. The van der Waals surface area contributed by atoms with Crippen LogP contribution in [0.2, 0.25) is 5.02 Å². The Morgan fingerprint density at radius 2 is 1.79 bits per heavy atom. The summed E-state index contributed by atoms with van der Waals surface area (Å²) in [5, 5.41) is 4.41. The van der Waals surface area contributed by atoms with E-state index in [0.717, 1.165) is 6.42 Å². The van der Waals surface area contributed by atoms with Crippen molar-refractivity contribution in [1.29, 1.82) is 0 Å². The van der Waals surface area contributed by atoms with Crippen LogP contribution in [0.3, 0.4) is 0 Å². The zero-order valence-electron chi connectivity index (χ0n) is 18.2. The number of hydrazone groups is 1. The average molecular weight is 467 g/mol. The molecule has 0 aliphatic heterocycles. The van der Waals surface area contributed by atoms with Crippen LogP contribution in [0.4, 0.5) is 0 Å². The highest BCUT2D eigenvalue weighted by Crippen LogP contribution is 2.28. The Labute approximate surface area is 196 Å². The van der Waals surface area contributed by atoms with E-state index in [-0.39, 0.29) is 5.75 Å². The van der Waals surface area contributed by atoms with E-state index in [2.05, 4.69) is 10.5 Å². The fourth-order valence-electron chi connectivity index (χ4n) is 2.77. The molecule has 0 spiro atoms. The Hall–Kier alpha value is -3.84. The fourth-order valence-corrected chi connectivity index (χ4v) is 2.96. The van der Waals surface area contributed by atoms with Gasteiger partial charge in [-0.25, -0.2) is 10.2 Å². The van der Waals surface area contributed by atoms with Gasteiger partial charge in [0.05, 0.1) is 25.5 Å². The Balaban J connectivity index is 1.63. The fraction of sp³-hybridized carbons (Fsp3) is 0.160. The molecule has 8 heteroatoms. The second kappa shape index (κ2) is 11.7. The summed E-state index contributed by atoms with van der Waals surface area (Å²) in [6.07, 6.45) is 2.35. The third-order valence-corrected chi connectivity index (χ3v) is 4.65. The van der Waals surface area contributed by atoms with Crippen molar-refractivity contribution in [2.45, 2.75) is 13.3 Å². The molecule has 0 bridgehead atoms. The minimum absolute atomic E-state index is 0.258. The normalized spacial score (nSPS) is 10.6. The number of rotatable bonds is 9. The molecule has 0 radical (unpaired) electrons. The molecule has 0 heterocycles. The zero-order valence-corrected chi connectivity index (χ0v) is 19.0. The van der Waals surface area contributed by atoms with E-state index in [1.54, 1.807) is 66.7 Å². The number of halogens is 1. The van der Waals surface area contributed by atoms with E-state index in [1.165, 1.54) is 13.3 Å². The number of ether oxygens (including phenoxy) is 3. The van der Waals surface area contributed by atoms with Crippen LogP contribution >= 0.6 is 11.6 Å². The molecule has 0 fully saturated rings. The second-order valence-electron chi connectivity index (χ2n) is 6.88. The monoisotopic (exact) mass is 466 g/mol. The van der Waals surface area contributed by atoms with Gasteiger partial charge in [-0.05, 0) is 72.6 Å². The van der Waals surface area contributed by atoms with Crippen LogP contribution in [-0.4, -0.2) is 31.8 Å². The van der Waals surface area contributed by atoms with E-state index in [4.69, 9.17) is 25.8 Å². The van der Waals surface area contributed by atoms with Gasteiger partial charge in [-0.3, -0.25) is 4.79 Å². The van der Waals surface area contributed by atoms with Gasteiger partial charge < -0.3 is 14.2 Å². The molecule has 0 unspecified atom stereocenters. The molecule has 1 amide bonds. The van der Waals surface area contributed by atoms with Crippen molar-refractivity contribution >= 4 is 29.7 Å². The van der Waals surface area contributed by atoms with Crippen molar-refractivity contribution in [2.75, 3.05) is 13.7 Å². The Morgan fingerprint density at radius 1 is 1.00 bits per heavy atom. The van der Waals surface area contributed by atoms with Crippen molar-refractivity contribution in [3.63, 3.8) is 0 Å². The van der Waals surface area contributed by atoms with E-state index in [0.29, 0.717) is 39.8 Å². The number of nitrogens with one attached hydrogen (secondary N) is 1. The molecule has 3 aromatic rings. The molecule has 0 aromatic heterocycles. The van der Waals surface area contributed by atoms with Gasteiger partial charge in [0.15, 0.2) is 11.5 Å². The van der Waals surface area contributed by atoms with Gasteiger partial charge in [0.2, 0.25) is 0 Å². The van der Waals surface area contributed by atoms with Crippen molar-refractivity contribution in [2.24, 2.45) is 5.10 Å². The van der Waals surface area contributed by atoms with Crippen LogP contribution in [0.25, 0.3) is 0 Å². The van der Waals surface area contributed by atoms with Crippen molar-refractivity contribution in [3.8, 4) is 17.2 Å². The van der Waals surface area contributed by atoms with E-state index >= 15 is 0 Å². The van der Waals surface area contributed by atoms with Crippen LogP contribution in [0.5, 0.6) is 17.2 Å². The smallest absolute Gasteiger partial charge is 0.343 e. The number of benzene rings is 3. The minimum atomic E-state index is -0.523. The SMILES string of the molecule is CCCOc1ccc(C(=O)Oc2ccc(/C=N/NC(=O)c3cccc(Cl)c3)cc2OC)cc1. The first-order valence-electron chi connectivity index (χ1n) is 10.2. The van der Waals surface area contributed by atoms with Crippen LogP contribution in [0.15, 0.2) is 71.8 Å². The Bertz CT molecular complexity index is 1150. The van der Waals surface area contributed by atoms with Gasteiger partial charge in [0.25, 0.3) is 5.91 Å². The van der Waals surface area contributed by atoms with Gasteiger partial charge in [-0.1, -0.05) is 24.6 Å². The number of carbonyl (C=O) groups excluding carboxylic acids is 2. The number of carbonyl (C=O) groups is 2. The first-order valence-corrected chi connectivity index (χ1v) is 10.6. The molecule has 33 heavy (non-hydrogen) atoms. The van der Waals surface area contributed by atoms with Crippen LogP contribution < -0.4 is 19.6 Å². The third kappa shape index (κ3) is 6.82. The molecular formula is C25H23ClN2O5. The summed E-state index contributed by atoms with van der Waals surface area (Å²) in [7, 11) is 1.47. The van der Waals surface area contributed by atoms with E-state index < -0.39 is 11.9 Å². The molecule has 0 saturated carbocycles. The summed E-state index contributed by atoms with van der Waals surface area (Å²) in [4.78, 5) is 24.6. The molecule has 170 valence electrons. The Morgan fingerprint density at radius 3 is 2.48 bits per heavy atom. The van der Waals surface area contributed by atoms with Gasteiger partial charge in [0.1, 0.15) is 5.75 Å². The van der Waals surface area contributed by atoms with Gasteiger partial charge >= 0.3 is 5.97 Å². The standard InChI is InChI=1S/C25H23ClN2O5/c1-3-13-32-21-10-8-18(9-11-21)25(30)33-22-12-7-17(14-23(22)31-2)16-27-28-24(29)19-5-4-6-20(26)15-19/h4-12,14-16H,3,13H2,1-2H3,(H,28,29)/b27-16+. The van der Waals surface area contributed by atoms with Gasteiger partial charge in [-0.15, -0.1) is 0 Å². The quantitative estimate of drug-likeness (QED) is 0.205. The second-order valence-corrected chi connectivity index (χ2v) is 7.32. The highest BCUT2D eigenvalue weighted by atomic mass is 35.5. The number of hydrogen-bond donors (Lipinski definition) is 1. The maximum Gasteiger partial charge on any atom is 0.343 e. The minimum Gasteiger partial charge on any atom is -0.494 e. The first-order chi connectivity index (χ1) is 16.0. The summed E-state index contributed by atoms with van der Waals surface area (Å²) in [5.74, 6) is 0.380. The largest absolute Gasteiger partial charge is 0.494 e. The average Bonchev–Trinajstić information content (AvgIpc) is 2.83. The maximum atomic E-state index is 12.5. The molecule has 0 aliphatic carbocycles. The topological polar surface area (TPSA) is 86.2 Å². The number of methoxy groups -OCH3 is 1. The van der Waals surface area contributed by atoms with E-state index in [9.17, 15) is 9.59 Å². The van der Waals surface area contributed by atoms with Gasteiger partial charge in [0, 0.05) is 10.6 Å². The number of esters is 1. The molecule has 3 rings (SSSR count). The molecule has 3 aromatic carbocycles. The lowest BCUT2D eigenvalue weighted by atomic mass is 10.2. The van der Waals surface area contributed by atoms with Crippen LogP contribution in [0, 0.1) is 0 Å². The van der Waals surface area contributed by atoms with Crippen LogP contribution in [0.1, 0.15) is 39.6 Å². The van der Waals surface area contributed by atoms with Crippen molar-refractivity contribution < 1.29 is 23.8 Å². The van der Waals surface area contributed by atoms with Crippen molar-refractivity contribution in [1.82, 2.24) is 5.43 Å². The summed E-state index contributed by atoms with van der Waals surface area (Å²) in [6.45, 7) is 2.63. The van der Waals surface area contributed by atoms with Crippen LogP contribution in [-0.2, 0) is 0 Å². The number of nitrogens with zero attached hydrogens (tertiary/aromatic N) is 1. The lowest BCUT2D eigenvalue weighted by Crippen LogP contribution is -2.17. The molecular weight excluding hydrogens is 444 g/mol. The maximum absolute atomic E-state index is 12.5. The van der Waals surface area contributed by atoms with E-state index in [1.807, 2.05) is 6.92 Å². The summed E-state index contributed by atoms with van der Waals surface area (Å²) in [6, 6.07) is 18.2. The molecule has 1 N–H and O–H groups in total. The summed E-state index contributed by atoms with van der Waals surface area (Å²) in [5.41, 5.74) is 3.85. The molecule has 0 aliphatic rings.